The van der Waals surface area contributed by atoms with Crippen molar-refractivity contribution in [3.63, 3.8) is 0 Å². The SMILES string of the molecule is CCC(C)[C@@H]1NCCOc2ccccc2/C=C/CNC(=O)[C@@H](Cc2ccc(O)cc2)NC(=O)[C@H](C(C)O)N(C)C1=O. The molecule has 1 aliphatic heterocycles. The number of benzene rings is 2. The molecule has 2 unspecified atom stereocenters. The third kappa shape index (κ3) is 8.80. The van der Waals surface area contributed by atoms with Gasteiger partial charge in [0.15, 0.2) is 0 Å². The fourth-order valence-electron chi connectivity index (χ4n) is 4.77. The van der Waals surface area contributed by atoms with Gasteiger partial charge in [0.2, 0.25) is 17.7 Å². The number of nitrogens with zero attached hydrogens (tertiary/aromatic N) is 1. The minimum Gasteiger partial charge on any atom is -0.508 e. The monoisotopic (exact) mass is 566 g/mol. The Morgan fingerprint density at radius 3 is 2.44 bits per heavy atom. The van der Waals surface area contributed by atoms with Crippen LogP contribution in [-0.4, -0.2) is 83.8 Å². The lowest BCUT2D eigenvalue weighted by atomic mass is 9.96. The number of amides is 3. The van der Waals surface area contributed by atoms with Gasteiger partial charge in [-0.05, 0) is 36.6 Å². The topological polar surface area (TPSA) is 140 Å². The van der Waals surface area contributed by atoms with Crippen molar-refractivity contribution in [1.82, 2.24) is 20.9 Å². The molecule has 2 aromatic rings. The van der Waals surface area contributed by atoms with Gasteiger partial charge in [0, 0.05) is 32.1 Å². The van der Waals surface area contributed by atoms with Crippen molar-refractivity contribution < 1.29 is 29.3 Å². The first-order valence-electron chi connectivity index (χ1n) is 14.0. The number of carbonyl (C=O) groups is 3. The van der Waals surface area contributed by atoms with Gasteiger partial charge in [0.1, 0.15) is 30.2 Å². The number of aliphatic hydroxyl groups excluding tert-OH is 1. The van der Waals surface area contributed by atoms with Crippen LogP contribution in [0, 0.1) is 5.92 Å². The summed E-state index contributed by atoms with van der Waals surface area (Å²) >= 11 is 0. The van der Waals surface area contributed by atoms with E-state index in [4.69, 9.17) is 4.74 Å². The molecule has 1 aliphatic rings. The second-order valence-electron chi connectivity index (χ2n) is 10.4. The molecule has 5 N–H and O–H groups in total. The van der Waals surface area contributed by atoms with Gasteiger partial charge in [0.05, 0.1) is 12.1 Å². The predicted molar refractivity (Wildman–Crippen MR) is 157 cm³/mol. The molecule has 0 bridgehead atoms. The molecule has 10 heteroatoms. The molecule has 2 aromatic carbocycles. The van der Waals surface area contributed by atoms with Gasteiger partial charge in [0.25, 0.3) is 0 Å². The summed E-state index contributed by atoms with van der Waals surface area (Å²) in [5, 5.41) is 29.1. The van der Waals surface area contributed by atoms with Crippen molar-refractivity contribution in [3.05, 3.63) is 65.7 Å². The van der Waals surface area contributed by atoms with Gasteiger partial charge in [-0.3, -0.25) is 14.4 Å². The minimum atomic E-state index is -1.23. The maximum atomic E-state index is 13.7. The summed E-state index contributed by atoms with van der Waals surface area (Å²) in [5.74, 6) is -0.722. The van der Waals surface area contributed by atoms with Gasteiger partial charge >= 0.3 is 0 Å². The number of hydrogen-bond acceptors (Lipinski definition) is 7. The number of likely N-dealkylation sites (N-methyl/N-ethyl adjacent to an activating group) is 1. The van der Waals surface area contributed by atoms with Crippen LogP contribution in [0.4, 0.5) is 0 Å². The number of aliphatic hydroxyl groups is 1. The normalized spacial score (nSPS) is 23.6. The molecule has 0 aliphatic carbocycles. The van der Waals surface area contributed by atoms with Crippen LogP contribution in [0.1, 0.15) is 38.3 Å². The van der Waals surface area contributed by atoms with Crippen molar-refractivity contribution in [1.29, 1.82) is 0 Å². The quantitative estimate of drug-likeness (QED) is 0.372. The fraction of sp³-hybridized carbons (Fsp3) is 0.452. The molecular formula is C31H42N4O6. The minimum absolute atomic E-state index is 0.0588. The summed E-state index contributed by atoms with van der Waals surface area (Å²) in [5.41, 5.74) is 1.55. The maximum absolute atomic E-state index is 13.7. The number of phenolic OH excluding ortho intramolecular Hbond substituents is 1. The van der Waals surface area contributed by atoms with E-state index in [0.29, 0.717) is 30.9 Å². The standard InChI is InChI=1S/C31H42N4O6/c1-5-20(2)27-31(40)35(4)28(21(3)36)30(39)34-25(19-22-12-14-24(37)15-13-22)29(38)33-16-8-10-23-9-6-7-11-26(23)41-18-17-32-27/h6-15,20-21,25,27-28,32,36-37H,5,16-19H2,1-4H3,(H,33,38)(H,34,39)/b10-8+/t20?,21?,25-,27+,28+/m1/s1. The summed E-state index contributed by atoms with van der Waals surface area (Å²) < 4.78 is 6.00. The Bertz CT molecular complexity index is 1200. The molecule has 0 saturated carbocycles. The lowest BCUT2D eigenvalue weighted by molar-refractivity contribution is -0.146. The van der Waals surface area contributed by atoms with E-state index in [0.717, 1.165) is 5.56 Å². The number of rotatable bonds is 5. The number of para-hydroxylation sites is 1. The van der Waals surface area contributed by atoms with Crippen molar-refractivity contribution in [2.45, 2.75) is 57.8 Å². The zero-order valence-electron chi connectivity index (χ0n) is 24.2. The number of carbonyl (C=O) groups excluding carboxylic acids is 3. The van der Waals surface area contributed by atoms with E-state index in [2.05, 4.69) is 16.0 Å². The van der Waals surface area contributed by atoms with E-state index in [1.807, 2.05) is 44.2 Å². The Hall–Kier alpha value is -3.89. The maximum Gasteiger partial charge on any atom is 0.246 e. The van der Waals surface area contributed by atoms with Crippen LogP contribution in [0.2, 0.25) is 0 Å². The first kappa shape index (κ1) is 31.6. The lowest BCUT2D eigenvalue weighted by Crippen LogP contribution is -2.61. The first-order chi connectivity index (χ1) is 19.6. The third-order valence-electron chi connectivity index (χ3n) is 7.31. The second-order valence-corrected chi connectivity index (χ2v) is 10.4. The number of hydrogen-bond donors (Lipinski definition) is 5. The Morgan fingerprint density at radius 1 is 1.05 bits per heavy atom. The summed E-state index contributed by atoms with van der Waals surface area (Å²) in [6.07, 6.45) is 3.30. The fourth-order valence-corrected chi connectivity index (χ4v) is 4.77. The van der Waals surface area contributed by atoms with E-state index in [1.54, 1.807) is 18.2 Å². The zero-order chi connectivity index (χ0) is 29.9. The molecule has 0 spiro atoms. The van der Waals surface area contributed by atoms with Crippen LogP contribution >= 0.6 is 0 Å². The summed E-state index contributed by atoms with van der Waals surface area (Å²) in [4.78, 5) is 41.8. The highest BCUT2D eigenvalue weighted by Crippen LogP contribution is 2.20. The number of aromatic hydroxyl groups is 1. The number of phenols is 1. The van der Waals surface area contributed by atoms with Crippen LogP contribution in [-0.2, 0) is 20.8 Å². The zero-order valence-corrected chi connectivity index (χ0v) is 24.2. The van der Waals surface area contributed by atoms with Gasteiger partial charge in [-0.25, -0.2) is 0 Å². The summed E-state index contributed by atoms with van der Waals surface area (Å²) in [6, 6.07) is 11.0. The summed E-state index contributed by atoms with van der Waals surface area (Å²) in [7, 11) is 1.49. The van der Waals surface area contributed by atoms with Crippen molar-refractivity contribution in [2.75, 3.05) is 26.7 Å². The average molecular weight is 567 g/mol. The second kappa shape index (κ2) is 15.2. The molecule has 0 radical (unpaired) electrons. The van der Waals surface area contributed by atoms with E-state index < -0.39 is 36.0 Å². The van der Waals surface area contributed by atoms with Crippen LogP contribution in [0.3, 0.4) is 0 Å². The van der Waals surface area contributed by atoms with E-state index in [9.17, 15) is 24.6 Å². The predicted octanol–water partition coefficient (Wildman–Crippen LogP) is 1.85. The molecule has 5 atom stereocenters. The van der Waals surface area contributed by atoms with Crippen LogP contribution in [0.5, 0.6) is 11.5 Å². The Morgan fingerprint density at radius 2 is 1.76 bits per heavy atom. The Kier molecular flexibility index (Phi) is 11.7. The van der Waals surface area contributed by atoms with E-state index in [1.165, 1.54) is 31.0 Å². The molecular weight excluding hydrogens is 524 g/mol. The molecule has 3 amide bonds. The van der Waals surface area contributed by atoms with Gasteiger partial charge in [-0.15, -0.1) is 0 Å². The molecule has 3 rings (SSSR count). The number of fused-ring (bicyclic) bond motifs is 1. The molecule has 1 heterocycles. The van der Waals surface area contributed by atoms with Crippen molar-refractivity contribution in [2.24, 2.45) is 5.92 Å². The molecule has 0 saturated heterocycles. The van der Waals surface area contributed by atoms with E-state index >= 15 is 0 Å². The first-order valence-corrected chi connectivity index (χ1v) is 14.0. The van der Waals surface area contributed by atoms with Gasteiger partial charge < -0.3 is 35.8 Å². The molecule has 41 heavy (non-hydrogen) atoms. The van der Waals surface area contributed by atoms with Crippen LogP contribution in [0.15, 0.2) is 54.6 Å². The lowest BCUT2D eigenvalue weighted by Gasteiger charge is -2.35. The summed E-state index contributed by atoms with van der Waals surface area (Å²) in [6.45, 7) is 6.28. The van der Waals surface area contributed by atoms with Crippen molar-refractivity contribution in [3.8, 4) is 11.5 Å². The molecule has 0 aromatic heterocycles. The number of nitrogens with one attached hydrogen (secondary N) is 3. The highest BCUT2D eigenvalue weighted by Gasteiger charge is 2.37. The molecule has 0 fully saturated rings. The average Bonchev–Trinajstić information content (AvgIpc) is 2.95. The van der Waals surface area contributed by atoms with Gasteiger partial charge in [-0.2, -0.15) is 0 Å². The van der Waals surface area contributed by atoms with Crippen molar-refractivity contribution >= 4 is 23.8 Å². The highest BCUT2D eigenvalue weighted by molar-refractivity contribution is 5.93. The van der Waals surface area contributed by atoms with Gasteiger partial charge in [-0.1, -0.05) is 62.8 Å². The number of ether oxygens (including phenoxy) is 1. The Balaban J connectivity index is 1.96. The smallest absolute Gasteiger partial charge is 0.246 e. The molecule has 222 valence electrons. The molecule has 10 nitrogen and oxygen atoms in total. The Labute approximate surface area is 241 Å². The van der Waals surface area contributed by atoms with Crippen LogP contribution in [0.25, 0.3) is 6.08 Å². The van der Waals surface area contributed by atoms with Crippen LogP contribution < -0.4 is 20.7 Å². The highest BCUT2D eigenvalue weighted by atomic mass is 16.5. The van der Waals surface area contributed by atoms with E-state index in [-0.39, 0.29) is 30.5 Å². The largest absolute Gasteiger partial charge is 0.508 e. The third-order valence-corrected chi connectivity index (χ3v) is 7.31.